The van der Waals surface area contributed by atoms with Crippen LogP contribution in [0.1, 0.15) is 17.0 Å². The van der Waals surface area contributed by atoms with Gasteiger partial charge in [0.25, 0.3) is 5.91 Å². The summed E-state index contributed by atoms with van der Waals surface area (Å²) >= 11 is 6.53. The van der Waals surface area contributed by atoms with Crippen LogP contribution in [-0.4, -0.2) is 35.0 Å². The zero-order chi connectivity index (χ0) is 14.8. The molecule has 7 heteroatoms. The van der Waals surface area contributed by atoms with E-state index in [2.05, 4.69) is 36.8 Å². The van der Waals surface area contributed by atoms with Crippen LogP contribution >= 0.6 is 31.9 Å². The number of carbonyl (C=O) groups is 1. The SMILES string of the molecule is O=C(c1ccc(Br)o1)N1CCC(Oc2ccc(Br)cn2)C1. The molecule has 1 amide bonds. The number of pyridine rings is 1. The van der Waals surface area contributed by atoms with E-state index in [1.807, 2.05) is 6.07 Å². The summed E-state index contributed by atoms with van der Waals surface area (Å²) in [5.41, 5.74) is 0. The van der Waals surface area contributed by atoms with Gasteiger partial charge >= 0.3 is 0 Å². The third-order valence-electron chi connectivity index (χ3n) is 3.20. The van der Waals surface area contributed by atoms with E-state index in [1.165, 1.54) is 0 Å². The van der Waals surface area contributed by atoms with Crippen molar-refractivity contribution in [3.8, 4) is 5.88 Å². The lowest BCUT2D eigenvalue weighted by molar-refractivity contribution is 0.0738. The highest BCUT2D eigenvalue weighted by Crippen LogP contribution is 2.21. The Morgan fingerprint density at radius 3 is 2.86 bits per heavy atom. The summed E-state index contributed by atoms with van der Waals surface area (Å²) in [6.07, 6.45) is 2.43. The molecule has 1 atom stereocenters. The Kier molecular flexibility index (Phi) is 4.30. The second-order valence-electron chi connectivity index (χ2n) is 4.70. The van der Waals surface area contributed by atoms with Crippen molar-refractivity contribution in [3.05, 3.63) is 45.4 Å². The normalized spacial score (nSPS) is 18.0. The van der Waals surface area contributed by atoms with Crippen molar-refractivity contribution >= 4 is 37.8 Å². The molecule has 0 N–H and O–H groups in total. The minimum absolute atomic E-state index is 0.0407. The number of likely N-dealkylation sites (tertiary alicyclic amines) is 1. The lowest BCUT2D eigenvalue weighted by Gasteiger charge is -2.15. The first-order chi connectivity index (χ1) is 10.1. The second kappa shape index (κ2) is 6.19. The molecule has 0 aliphatic carbocycles. The standard InChI is InChI=1S/C14H12Br2N2O3/c15-9-1-4-13(17-7-9)20-10-5-6-18(8-10)14(19)11-2-3-12(16)21-11/h1-4,7,10H,5-6,8H2. The van der Waals surface area contributed by atoms with E-state index < -0.39 is 0 Å². The van der Waals surface area contributed by atoms with Crippen molar-refractivity contribution in [1.29, 1.82) is 0 Å². The summed E-state index contributed by atoms with van der Waals surface area (Å²) in [5, 5.41) is 0. The molecule has 2 aromatic heterocycles. The summed E-state index contributed by atoms with van der Waals surface area (Å²) in [5.74, 6) is 0.790. The summed E-state index contributed by atoms with van der Waals surface area (Å²) in [6.45, 7) is 1.19. The number of ether oxygens (including phenoxy) is 1. The molecule has 0 spiro atoms. The quantitative estimate of drug-likeness (QED) is 0.769. The molecule has 1 aliphatic heterocycles. The van der Waals surface area contributed by atoms with E-state index in [-0.39, 0.29) is 12.0 Å². The van der Waals surface area contributed by atoms with Crippen molar-refractivity contribution in [2.75, 3.05) is 13.1 Å². The van der Waals surface area contributed by atoms with Gasteiger partial charge in [-0.25, -0.2) is 4.98 Å². The smallest absolute Gasteiger partial charge is 0.289 e. The predicted molar refractivity (Wildman–Crippen MR) is 83.3 cm³/mol. The number of halogens is 2. The predicted octanol–water partition coefficient (Wildman–Crippen LogP) is 3.49. The summed E-state index contributed by atoms with van der Waals surface area (Å²) in [4.78, 5) is 18.1. The number of nitrogens with zero attached hydrogens (tertiary/aromatic N) is 2. The first kappa shape index (κ1) is 14.6. The summed E-state index contributed by atoms with van der Waals surface area (Å²) in [7, 11) is 0. The van der Waals surface area contributed by atoms with Crippen LogP contribution in [0.25, 0.3) is 0 Å². The third-order valence-corrected chi connectivity index (χ3v) is 4.10. The van der Waals surface area contributed by atoms with E-state index in [4.69, 9.17) is 9.15 Å². The number of carbonyl (C=O) groups excluding carboxylic acids is 1. The molecule has 0 radical (unpaired) electrons. The topological polar surface area (TPSA) is 55.6 Å². The molecule has 1 fully saturated rings. The van der Waals surface area contributed by atoms with Gasteiger partial charge in [-0.3, -0.25) is 4.79 Å². The Hall–Kier alpha value is -1.34. The minimum Gasteiger partial charge on any atom is -0.472 e. The maximum Gasteiger partial charge on any atom is 0.289 e. The van der Waals surface area contributed by atoms with Crippen LogP contribution in [0.4, 0.5) is 0 Å². The molecule has 1 aliphatic rings. The maximum absolute atomic E-state index is 12.2. The maximum atomic E-state index is 12.2. The van der Waals surface area contributed by atoms with Crippen LogP contribution in [0, 0.1) is 0 Å². The number of amides is 1. The molecule has 110 valence electrons. The van der Waals surface area contributed by atoms with Crippen molar-refractivity contribution in [3.63, 3.8) is 0 Å². The fraction of sp³-hybridized carbons (Fsp3) is 0.286. The molecule has 1 unspecified atom stereocenters. The van der Waals surface area contributed by atoms with Gasteiger partial charge < -0.3 is 14.1 Å². The average Bonchev–Trinajstić information content (AvgIpc) is 3.10. The van der Waals surface area contributed by atoms with Crippen LogP contribution in [0.2, 0.25) is 0 Å². The molecule has 0 aromatic carbocycles. The highest BCUT2D eigenvalue weighted by Gasteiger charge is 2.29. The third kappa shape index (κ3) is 3.47. The Labute approximate surface area is 138 Å². The number of hydrogen-bond acceptors (Lipinski definition) is 4. The zero-order valence-electron chi connectivity index (χ0n) is 11.0. The molecular formula is C14H12Br2N2O3. The van der Waals surface area contributed by atoms with Gasteiger partial charge in [0.15, 0.2) is 10.4 Å². The van der Waals surface area contributed by atoms with Crippen LogP contribution in [0.15, 0.2) is 44.0 Å². The molecule has 0 bridgehead atoms. The van der Waals surface area contributed by atoms with Gasteiger partial charge in [0.05, 0.1) is 6.54 Å². The van der Waals surface area contributed by atoms with Gasteiger partial charge in [-0.05, 0) is 50.1 Å². The van der Waals surface area contributed by atoms with E-state index in [0.717, 1.165) is 10.9 Å². The van der Waals surface area contributed by atoms with Gasteiger partial charge in [0.2, 0.25) is 5.88 Å². The largest absolute Gasteiger partial charge is 0.472 e. The molecular weight excluding hydrogens is 404 g/mol. The Morgan fingerprint density at radius 1 is 1.33 bits per heavy atom. The highest BCUT2D eigenvalue weighted by atomic mass is 79.9. The highest BCUT2D eigenvalue weighted by molar-refractivity contribution is 9.10. The number of furan rings is 1. The summed E-state index contributed by atoms with van der Waals surface area (Å²) in [6, 6.07) is 7.05. The molecule has 21 heavy (non-hydrogen) atoms. The van der Waals surface area contributed by atoms with Crippen LogP contribution in [0.3, 0.4) is 0 Å². The van der Waals surface area contributed by atoms with Gasteiger partial charge in [-0.15, -0.1) is 0 Å². The zero-order valence-corrected chi connectivity index (χ0v) is 14.1. The van der Waals surface area contributed by atoms with Crippen molar-refractivity contribution in [1.82, 2.24) is 9.88 Å². The summed E-state index contributed by atoms with van der Waals surface area (Å²) < 4.78 is 12.5. The lowest BCUT2D eigenvalue weighted by atomic mass is 10.3. The minimum atomic E-state index is -0.115. The average molecular weight is 416 g/mol. The Bertz CT molecular complexity index is 642. The van der Waals surface area contributed by atoms with E-state index in [1.54, 1.807) is 29.3 Å². The Balaban J connectivity index is 1.60. The van der Waals surface area contributed by atoms with Crippen LogP contribution < -0.4 is 4.74 Å². The van der Waals surface area contributed by atoms with Crippen molar-refractivity contribution < 1.29 is 13.9 Å². The molecule has 5 nitrogen and oxygen atoms in total. The fourth-order valence-electron chi connectivity index (χ4n) is 2.20. The molecule has 2 aromatic rings. The van der Waals surface area contributed by atoms with E-state index in [9.17, 15) is 4.79 Å². The van der Waals surface area contributed by atoms with E-state index in [0.29, 0.717) is 29.4 Å². The second-order valence-corrected chi connectivity index (χ2v) is 6.40. The molecule has 0 saturated carbocycles. The molecule has 1 saturated heterocycles. The van der Waals surface area contributed by atoms with Crippen molar-refractivity contribution in [2.45, 2.75) is 12.5 Å². The van der Waals surface area contributed by atoms with Gasteiger partial charge in [-0.1, -0.05) is 0 Å². The lowest BCUT2D eigenvalue weighted by Crippen LogP contribution is -2.30. The Morgan fingerprint density at radius 2 is 2.19 bits per heavy atom. The van der Waals surface area contributed by atoms with E-state index >= 15 is 0 Å². The van der Waals surface area contributed by atoms with Crippen LogP contribution in [-0.2, 0) is 0 Å². The number of rotatable bonds is 3. The van der Waals surface area contributed by atoms with Crippen LogP contribution in [0.5, 0.6) is 5.88 Å². The van der Waals surface area contributed by atoms with Gasteiger partial charge in [0, 0.05) is 29.7 Å². The first-order valence-corrected chi connectivity index (χ1v) is 8.03. The fourth-order valence-corrected chi connectivity index (χ4v) is 2.74. The monoisotopic (exact) mass is 414 g/mol. The molecule has 3 rings (SSSR count). The van der Waals surface area contributed by atoms with Crippen molar-refractivity contribution in [2.24, 2.45) is 0 Å². The van der Waals surface area contributed by atoms with Gasteiger partial charge in [-0.2, -0.15) is 0 Å². The number of aromatic nitrogens is 1. The molecule has 3 heterocycles. The first-order valence-electron chi connectivity index (χ1n) is 6.44. The number of hydrogen-bond donors (Lipinski definition) is 0. The van der Waals surface area contributed by atoms with Gasteiger partial charge in [0.1, 0.15) is 6.10 Å².